The lowest BCUT2D eigenvalue weighted by molar-refractivity contribution is -0.138. The predicted octanol–water partition coefficient (Wildman–Crippen LogP) is 4.49. The van der Waals surface area contributed by atoms with Crippen molar-refractivity contribution in [3.8, 4) is 11.8 Å². The minimum Gasteiger partial charge on any atom is -0.332 e. The summed E-state index contributed by atoms with van der Waals surface area (Å²) in [5, 5.41) is 9.59. The number of aromatic nitrogens is 2. The average molecular weight is 521 g/mol. The zero-order valence-corrected chi connectivity index (χ0v) is 20.8. The summed E-state index contributed by atoms with van der Waals surface area (Å²) >= 11 is 0. The van der Waals surface area contributed by atoms with Gasteiger partial charge in [0.1, 0.15) is 11.5 Å². The van der Waals surface area contributed by atoms with Crippen LogP contribution in [0, 0.1) is 17.3 Å². The van der Waals surface area contributed by atoms with E-state index in [4.69, 9.17) is 5.41 Å². The second kappa shape index (κ2) is 11.9. The van der Waals surface area contributed by atoms with Crippen molar-refractivity contribution in [3.05, 3.63) is 88.5 Å². The molecule has 0 saturated carbocycles. The highest BCUT2D eigenvalue weighted by Crippen LogP contribution is 2.34. The molecule has 1 amide bonds. The summed E-state index contributed by atoms with van der Waals surface area (Å²) in [4.78, 5) is 24.1. The number of hydrogen-bond donors (Lipinski definition) is 3. The number of anilines is 1. The number of nitrogens with zero attached hydrogens (tertiary/aromatic N) is 3. The molecule has 3 N–H and O–H groups in total. The number of aromatic amines is 1. The summed E-state index contributed by atoms with van der Waals surface area (Å²) in [6.07, 6.45) is 1.30. The van der Waals surface area contributed by atoms with E-state index in [1.54, 1.807) is 36.5 Å². The van der Waals surface area contributed by atoms with Gasteiger partial charge in [0, 0.05) is 55.8 Å². The first-order chi connectivity index (χ1) is 18.2. The van der Waals surface area contributed by atoms with E-state index in [1.165, 1.54) is 18.2 Å². The zero-order chi connectivity index (χ0) is 27.1. The van der Waals surface area contributed by atoms with Gasteiger partial charge < -0.3 is 20.6 Å². The second-order valence-electron chi connectivity index (χ2n) is 8.94. The molecule has 1 saturated heterocycles. The standard InChI is InChI=1S/C28H27F3N6O/c1-36-12-14-37(15-13-36)19-22-8-10-23(17-25(22)28(29,30)31)35-27(38)21-5-2-4-20(16-21)7-9-24-18-33-26(34-24)6-3-11-32/h2-6,8,10-11,16-18,32H,12-15,19H2,1H3,(H,33,34)(H,35,38)/b6-3-,32-11?. The molecule has 1 aliphatic heterocycles. The predicted molar refractivity (Wildman–Crippen MR) is 141 cm³/mol. The monoisotopic (exact) mass is 520 g/mol. The van der Waals surface area contributed by atoms with Crippen molar-refractivity contribution >= 4 is 23.9 Å². The van der Waals surface area contributed by atoms with Crippen molar-refractivity contribution in [3.63, 3.8) is 0 Å². The molecular weight excluding hydrogens is 493 g/mol. The average Bonchev–Trinajstić information content (AvgIpc) is 3.36. The van der Waals surface area contributed by atoms with E-state index in [9.17, 15) is 18.0 Å². The molecule has 38 heavy (non-hydrogen) atoms. The summed E-state index contributed by atoms with van der Waals surface area (Å²) in [5.74, 6) is 5.88. The number of imidazole rings is 1. The van der Waals surface area contributed by atoms with Crippen LogP contribution in [0.2, 0.25) is 0 Å². The number of alkyl halides is 3. The lowest BCUT2D eigenvalue weighted by atomic mass is 10.0. The molecule has 1 aliphatic rings. The maximum Gasteiger partial charge on any atom is 0.416 e. The fraction of sp³-hybridized carbons (Fsp3) is 0.250. The van der Waals surface area contributed by atoms with Crippen molar-refractivity contribution in [2.75, 3.05) is 38.5 Å². The number of amides is 1. The summed E-state index contributed by atoms with van der Waals surface area (Å²) in [5.41, 5.74) is 0.897. The Labute approximate surface area is 218 Å². The molecule has 0 bridgehead atoms. The first kappa shape index (κ1) is 26.9. The third-order valence-corrected chi connectivity index (χ3v) is 6.08. The number of allylic oxidation sites excluding steroid dienone is 1. The Morgan fingerprint density at radius 2 is 1.95 bits per heavy atom. The first-order valence-electron chi connectivity index (χ1n) is 12.0. The molecule has 0 atom stereocenters. The third kappa shape index (κ3) is 7.18. The highest BCUT2D eigenvalue weighted by molar-refractivity contribution is 6.04. The van der Waals surface area contributed by atoms with Gasteiger partial charge in [-0.15, -0.1) is 0 Å². The van der Waals surface area contributed by atoms with Gasteiger partial charge in [0.25, 0.3) is 5.91 Å². The largest absolute Gasteiger partial charge is 0.416 e. The Hall–Kier alpha value is -4.20. The number of carbonyl (C=O) groups excluding carboxylic acids is 1. The van der Waals surface area contributed by atoms with Crippen LogP contribution in [-0.4, -0.2) is 65.1 Å². The quantitative estimate of drug-likeness (QED) is 0.330. The molecule has 2 heterocycles. The number of nitrogens with one attached hydrogen (secondary N) is 3. The van der Waals surface area contributed by atoms with Crippen LogP contribution < -0.4 is 5.32 Å². The van der Waals surface area contributed by atoms with Crippen LogP contribution in [0.25, 0.3) is 6.08 Å². The Morgan fingerprint density at radius 3 is 2.68 bits per heavy atom. The zero-order valence-electron chi connectivity index (χ0n) is 20.8. The highest BCUT2D eigenvalue weighted by atomic mass is 19.4. The molecule has 0 radical (unpaired) electrons. The Kier molecular flexibility index (Phi) is 8.41. The molecule has 0 aliphatic carbocycles. The van der Waals surface area contributed by atoms with Gasteiger partial charge >= 0.3 is 6.18 Å². The fourth-order valence-corrected chi connectivity index (χ4v) is 4.01. The molecule has 7 nitrogen and oxygen atoms in total. The van der Waals surface area contributed by atoms with Crippen molar-refractivity contribution in [2.45, 2.75) is 12.7 Å². The van der Waals surface area contributed by atoms with Gasteiger partial charge in [-0.2, -0.15) is 13.2 Å². The Balaban J connectivity index is 1.47. The molecule has 3 aromatic rings. The highest BCUT2D eigenvalue weighted by Gasteiger charge is 2.34. The summed E-state index contributed by atoms with van der Waals surface area (Å²) in [7, 11) is 1.99. The van der Waals surface area contributed by atoms with Gasteiger partial charge in [0.15, 0.2) is 0 Å². The number of halogens is 3. The molecule has 0 unspecified atom stereocenters. The molecule has 10 heteroatoms. The summed E-state index contributed by atoms with van der Waals surface area (Å²) < 4.78 is 41.6. The van der Waals surface area contributed by atoms with E-state index in [2.05, 4.69) is 32.0 Å². The molecule has 4 rings (SSSR count). The molecule has 1 fully saturated rings. The van der Waals surface area contributed by atoms with Gasteiger partial charge in [-0.1, -0.05) is 18.1 Å². The maximum atomic E-state index is 13.9. The van der Waals surface area contributed by atoms with E-state index in [-0.39, 0.29) is 23.4 Å². The van der Waals surface area contributed by atoms with Gasteiger partial charge in [0.2, 0.25) is 0 Å². The molecule has 0 spiro atoms. The number of piperazine rings is 1. The van der Waals surface area contributed by atoms with Crippen LogP contribution in [0.15, 0.2) is 54.7 Å². The SMILES string of the molecule is CN1CCN(Cc2ccc(NC(=O)c3cccc(C#Cc4cnc(/C=C\C=N)[nH]4)c3)cc2C(F)(F)F)CC1. The van der Waals surface area contributed by atoms with Gasteiger partial charge in [0.05, 0.1) is 11.8 Å². The van der Waals surface area contributed by atoms with Gasteiger partial charge in [-0.3, -0.25) is 9.69 Å². The Morgan fingerprint density at radius 1 is 1.16 bits per heavy atom. The summed E-state index contributed by atoms with van der Waals surface area (Å²) in [6.45, 7) is 3.23. The minimum absolute atomic E-state index is 0.0731. The van der Waals surface area contributed by atoms with E-state index in [1.807, 2.05) is 11.9 Å². The smallest absolute Gasteiger partial charge is 0.332 e. The minimum atomic E-state index is -4.54. The van der Waals surface area contributed by atoms with Gasteiger partial charge in [-0.25, -0.2) is 4.98 Å². The number of rotatable bonds is 6. The number of H-pyrrole nitrogens is 1. The number of carbonyl (C=O) groups is 1. The fourth-order valence-electron chi connectivity index (χ4n) is 4.01. The van der Waals surface area contributed by atoms with E-state index in [0.29, 0.717) is 30.2 Å². The van der Waals surface area contributed by atoms with Crippen LogP contribution in [0.4, 0.5) is 18.9 Å². The number of benzene rings is 2. The number of hydrogen-bond acceptors (Lipinski definition) is 5. The topological polar surface area (TPSA) is 88.1 Å². The van der Waals surface area contributed by atoms with Crippen LogP contribution in [0.5, 0.6) is 0 Å². The molecule has 196 valence electrons. The van der Waals surface area contributed by atoms with Crippen LogP contribution >= 0.6 is 0 Å². The van der Waals surface area contributed by atoms with Crippen LogP contribution in [0.1, 0.15) is 38.6 Å². The maximum absolute atomic E-state index is 13.9. The van der Waals surface area contributed by atoms with Crippen molar-refractivity contribution < 1.29 is 18.0 Å². The molecular formula is C28H27F3N6O. The normalized spacial score (nSPS) is 14.7. The van der Waals surface area contributed by atoms with Gasteiger partial charge in [-0.05, 0) is 61.0 Å². The second-order valence-corrected chi connectivity index (χ2v) is 8.94. The van der Waals surface area contributed by atoms with Crippen LogP contribution in [-0.2, 0) is 12.7 Å². The number of likely N-dealkylation sites (N-methyl/N-ethyl adjacent to an activating group) is 1. The lowest BCUT2D eigenvalue weighted by Gasteiger charge is -2.33. The lowest BCUT2D eigenvalue weighted by Crippen LogP contribution is -2.44. The van der Waals surface area contributed by atoms with Crippen molar-refractivity contribution in [1.29, 1.82) is 5.41 Å². The summed E-state index contributed by atoms with van der Waals surface area (Å²) in [6, 6.07) is 10.5. The van der Waals surface area contributed by atoms with Crippen molar-refractivity contribution in [2.24, 2.45) is 0 Å². The Bertz CT molecular complexity index is 1390. The molecule has 2 aromatic carbocycles. The van der Waals surface area contributed by atoms with E-state index in [0.717, 1.165) is 25.4 Å². The molecule has 1 aromatic heterocycles. The van der Waals surface area contributed by atoms with E-state index >= 15 is 0 Å². The van der Waals surface area contributed by atoms with Crippen LogP contribution in [0.3, 0.4) is 0 Å². The van der Waals surface area contributed by atoms with Crippen molar-refractivity contribution in [1.82, 2.24) is 19.8 Å². The third-order valence-electron chi connectivity index (χ3n) is 6.08. The van der Waals surface area contributed by atoms with E-state index < -0.39 is 17.6 Å². The first-order valence-corrected chi connectivity index (χ1v) is 12.0.